The Morgan fingerprint density at radius 1 is 0.600 bits per heavy atom. The molecule has 0 aliphatic rings. The summed E-state index contributed by atoms with van der Waals surface area (Å²) < 4.78 is 0. The van der Waals surface area contributed by atoms with Crippen molar-refractivity contribution in [3.05, 3.63) is 0 Å². The van der Waals surface area contributed by atoms with Crippen molar-refractivity contribution in [3.8, 4) is 0 Å². The summed E-state index contributed by atoms with van der Waals surface area (Å²) in [4.78, 5) is 0. The SMILES string of the molecule is CCCCCCCC(N)(CCCCCCC)C(C)(C)C. The van der Waals surface area contributed by atoms with Crippen LogP contribution in [0.25, 0.3) is 0 Å². The summed E-state index contributed by atoms with van der Waals surface area (Å²) in [5.41, 5.74) is 7.06. The van der Waals surface area contributed by atoms with Gasteiger partial charge in [0.05, 0.1) is 0 Å². The van der Waals surface area contributed by atoms with Gasteiger partial charge in [-0.3, -0.25) is 0 Å². The van der Waals surface area contributed by atoms with E-state index in [2.05, 4.69) is 34.6 Å². The number of unbranched alkanes of at least 4 members (excludes halogenated alkanes) is 8. The van der Waals surface area contributed by atoms with Crippen molar-refractivity contribution in [1.82, 2.24) is 0 Å². The van der Waals surface area contributed by atoms with E-state index in [9.17, 15) is 0 Å². The maximum atomic E-state index is 6.80. The van der Waals surface area contributed by atoms with Gasteiger partial charge in [-0.2, -0.15) is 0 Å². The Morgan fingerprint density at radius 2 is 0.950 bits per heavy atom. The van der Waals surface area contributed by atoms with Crippen LogP contribution < -0.4 is 5.73 Å². The average molecular weight is 284 g/mol. The molecular formula is C19H41N. The highest BCUT2D eigenvalue weighted by Gasteiger charge is 2.36. The quantitative estimate of drug-likeness (QED) is 0.409. The molecule has 0 saturated carbocycles. The second-order valence-corrected chi connectivity index (χ2v) is 7.73. The van der Waals surface area contributed by atoms with Crippen LogP contribution in [0.1, 0.15) is 112 Å². The highest BCUT2D eigenvalue weighted by molar-refractivity contribution is 4.94. The molecule has 0 aliphatic carbocycles. The minimum atomic E-state index is 0.0332. The lowest BCUT2D eigenvalue weighted by Gasteiger charge is -2.42. The maximum Gasteiger partial charge on any atom is 0.0203 e. The molecular weight excluding hydrogens is 242 g/mol. The van der Waals surface area contributed by atoms with E-state index in [1.807, 2.05) is 0 Å². The Bertz CT molecular complexity index is 200. The molecule has 0 rings (SSSR count). The molecule has 0 saturated heterocycles. The van der Waals surface area contributed by atoms with Crippen LogP contribution in [0.5, 0.6) is 0 Å². The van der Waals surface area contributed by atoms with Crippen molar-refractivity contribution in [2.45, 2.75) is 117 Å². The summed E-state index contributed by atoms with van der Waals surface area (Å²) in [6.45, 7) is 11.5. The van der Waals surface area contributed by atoms with Gasteiger partial charge in [0.15, 0.2) is 0 Å². The highest BCUT2D eigenvalue weighted by Crippen LogP contribution is 2.36. The molecule has 0 atom stereocenters. The fourth-order valence-corrected chi connectivity index (χ4v) is 2.96. The standard InChI is InChI=1S/C19H41N/c1-6-8-10-12-14-16-19(20,18(3,4)5)17-15-13-11-9-7-2/h6-17,20H2,1-5H3. The molecule has 0 heterocycles. The van der Waals surface area contributed by atoms with Crippen LogP contribution >= 0.6 is 0 Å². The minimum absolute atomic E-state index is 0.0332. The predicted molar refractivity (Wildman–Crippen MR) is 93.1 cm³/mol. The first-order valence-corrected chi connectivity index (χ1v) is 9.16. The van der Waals surface area contributed by atoms with Crippen LogP contribution in [0.15, 0.2) is 0 Å². The minimum Gasteiger partial charge on any atom is -0.325 e. The molecule has 2 N–H and O–H groups in total. The van der Waals surface area contributed by atoms with Gasteiger partial charge >= 0.3 is 0 Å². The summed E-state index contributed by atoms with van der Waals surface area (Å²) in [7, 11) is 0. The first-order chi connectivity index (χ1) is 9.37. The van der Waals surface area contributed by atoms with Crippen LogP contribution in [0.4, 0.5) is 0 Å². The molecule has 0 unspecified atom stereocenters. The Morgan fingerprint density at radius 3 is 1.25 bits per heavy atom. The van der Waals surface area contributed by atoms with E-state index in [0.717, 1.165) is 0 Å². The van der Waals surface area contributed by atoms with E-state index in [1.54, 1.807) is 0 Å². The first kappa shape index (κ1) is 20.0. The third kappa shape index (κ3) is 8.29. The third-order valence-electron chi connectivity index (χ3n) is 4.95. The zero-order valence-electron chi connectivity index (χ0n) is 15.1. The zero-order chi connectivity index (χ0) is 15.5. The molecule has 0 amide bonds. The van der Waals surface area contributed by atoms with Crippen molar-refractivity contribution < 1.29 is 0 Å². The van der Waals surface area contributed by atoms with Crippen LogP contribution in [0, 0.1) is 5.41 Å². The molecule has 1 nitrogen and oxygen atoms in total. The van der Waals surface area contributed by atoms with E-state index >= 15 is 0 Å². The second-order valence-electron chi connectivity index (χ2n) is 7.73. The predicted octanol–water partition coefficient (Wildman–Crippen LogP) is 6.45. The molecule has 1 heteroatoms. The Labute approximate surface area is 129 Å². The van der Waals surface area contributed by atoms with E-state index in [-0.39, 0.29) is 11.0 Å². The van der Waals surface area contributed by atoms with Gasteiger partial charge in [-0.05, 0) is 18.3 Å². The molecule has 0 bridgehead atoms. The molecule has 0 aliphatic heterocycles. The number of rotatable bonds is 12. The number of hydrogen-bond donors (Lipinski definition) is 1. The van der Waals surface area contributed by atoms with Crippen LogP contribution in [0.3, 0.4) is 0 Å². The smallest absolute Gasteiger partial charge is 0.0203 e. The Hall–Kier alpha value is -0.0400. The molecule has 20 heavy (non-hydrogen) atoms. The lowest BCUT2D eigenvalue weighted by Crippen LogP contribution is -2.51. The highest BCUT2D eigenvalue weighted by atomic mass is 14.8. The van der Waals surface area contributed by atoms with Crippen LogP contribution in [-0.2, 0) is 0 Å². The van der Waals surface area contributed by atoms with Crippen molar-refractivity contribution in [3.63, 3.8) is 0 Å². The third-order valence-corrected chi connectivity index (χ3v) is 4.95. The lowest BCUT2D eigenvalue weighted by molar-refractivity contribution is 0.152. The fraction of sp³-hybridized carbons (Fsp3) is 1.00. The van der Waals surface area contributed by atoms with Gasteiger partial charge in [0.25, 0.3) is 0 Å². The summed E-state index contributed by atoms with van der Waals surface area (Å²) in [5, 5.41) is 0. The van der Waals surface area contributed by atoms with Crippen LogP contribution in [-0.4, -0.2) is 5.54 Å². The Kier molecular flexibility index (Phi) is 10.6. The van der Waals surface area contributed by atoms with Gasteiger partial charge in [-0.1, -0.05) is 98.8 Å². The zero-order valence-corrected chi connectivity index (χ0v) is 15.1. The van der Waals surface area contributed by atoms with E-state index in [4.69, 9.17) is 5.73 Å². The van der Waals surface area contributed by atoms with Gasteiger partial charge in [0.1, 0.15) is 0 Å². The lowest BCUT2D eigenvalue weighted by atomic mass is 9.68. The molecule has 0 spiro atoms. The van der Waals surface area contributed by atoms with Gasteiger partial charge in [0.2, 0.25) is 0 Å². The summed E-state index contributed by atoms with van der Waals surface area (Å²) in [6.07, 6.45) is 15.9. The van der Waals surface area contributed by atoms with Crippen molar-refractivity contribution >= 4 is 0 Å². The Balaban J connectivity index is 4.10. The van der Waals surface area contributed by atoms with Crippen molar-refractivity contribution in [1.29, 1.82) is 0 Å². The monoisotopic (exact) mass is 283 g/mol. The van der Waals surface area contributed by atoms with E-state index in [1.165, 1.54) is 77.0 Å². The molecule has 0 aromatic rings. The van der Waals surface area contributed by atoms with Gasteiger partial charge in [-0.15, -0.1) is 0 Å². The molecule has 0 fully saturated rings. The summed E-state index contributed by atoms with van der Waals surface area (Å²) >= 11 is 0. The van der Waals surface area contributed by atoms with E-state index < -0.39 is 0 Å². The first-order valence-electron chi connectivity index (χ1n) is 9.16. The molecule has 0 radical (unpaired) electrons. The number of hydrogen-bond acceptors (Lipinski definition) is 1. The molecule has 0 aromatic heterocycles. The van der Waals surface area contributed by atoms with Gasteiger partial charge in [-0.25, -0.2) is 0 Å². The summed E-state index contributed by atoms with van der Waals surface area (Å²) in [5.74, 6) is 0. The maximum absolute atomic E-state index is 6.80. The molecule has 0 aromatic carbocycles. The molecule has 122 valence electrons. The topological polar surface area (TPSA) is 26.0 Å². The largest absolute Gasteiger partial charge is 0.325 e. The number of nitrogens with two attached hydrogens (primary N) is 1. The van der Waals surface area contributed by atoms with E-state index in [0.29, 0.717) is 0 Å². The fourth-order valence-electron chi connectivity index (χ4n) is 2.96. The average Bonchev–Trinajstić information content (AvgIpc) is 2.37. The van der Waals surface area contributed by atoms with Crippen LogP contribution in [0.2, 0.25) is 0 Å². The van der Waals surface area contributed by atoms with Crippen molar-refractivity contribution in [2.75, 3.05) is 0 Å². The second kappa shape index (κ2) is 10.7. The summed E-state index contributed by atoms with van der Waals surface area (Å²) in [6, 6.07) is 0. The van der Waals surface area contributed by atoms with Crippen molar-refractivity contribution in [2.24, 2.45) is 11.1 Å². The van der Waals surface area contributed by atoms with Gasteiger partial charge < -0.3 is 5.73 Å². The van der Waals surface area contributed by atoms with Gasteiger partial charge in [0, 0.05) is 5.54 Å². The normalized spacial score (nSPS) is 12.9.